The molecule has 0 radical (unpaired) electrons. The molecule has 0 saturated heterocycles. The number of carboxylic acids is 3. The minimum Gasteiger partial charge on any atom is -0.550 e. The summed E-state index contributed by atoms with van der Waals surface area (Å²) in [5.74, 6) is -4.97. The van der Waals surface area contributed by atoms with E-state index in [-0.39, 0.29) is 12.8 Å². The van der Waals surface area contributed by atoms with Gasteiger partial charge in [-0.15, -0.1) is 0 Å². The Labute approximate surface area is 133 Å². The summed E-state index contributed by atoms with van der Waals surface area (Å²) >= 11 is 0. The van der Waals surface area contributed by atoms with E-state index in [0.717, 1.165) is 0 Å². The Hall–Kier alpha value is -2.57. The van der Waals surface area contributed by atoms with E-state index in [2.05, 4.69) is 0 Å². The molecule has 0 saturated carbocycles. The predicted molar refractivity (Wildman–Crippen MR) is 72.7 cm³/mol. The summed E-state index contributed by atoms with van der Waals surface area (Å²) in [6.45, 7) is 0. The van der Waals surface area contributed by atoms with Crippen molar-refractivity contribution in [3.63, 3.8) is 0 Å². The van der Waals surface area contributed by atoms with Crippen molar-refractivity contribution in [3.05, 3.63) is 29.8 Å². The Morgan fingerprint density at radius 1 is 1.00 bits per heavy atom. The molecule has 7 nitrogen and oxygen atoms in total. The summed E-state index contributed by atoms with van der Waals surface area (Å²) in [7, 11) is 1.46. The van der Waals surface area contributed by atoms with E-state index in [1.807, 2.05) is 0 Å². The fourth-order valence-electron chi connectivity index (χ4n) is 2.55. The summed E-state index contributed by atoms with van der Waals surface area (Å²) < 4.78 is 5.07. The second-order valence-corrected chi connectivity index (χ2v) is 5.30. The van der Waals surface area contributed by atoms with Gasteiger partial charge in [0.05, 0.1) is 7.11 Å². The third-order valence-corrected chi connectivity index (χ3v) is 3.51. The SMILES string of the molecule is COc1cccc([C@H](CC(=O)[O-])CC(CC(=O)[O-])CC(=O)[O-])c1. The third-order valence-electron chi connectivity index (χ3n) is 3.51. The van der Waals surface area contributed by atoms with Crippen molar-refractivity contribution in [2.75, 3.05) is 7.11 Å². The highest BCUT2D eigenvalue weighted by Gasteiger charge is 2.20. The molecule has 0 bridgehead atoms. The average Bonchev–Trinajstić information content (AvgIpc) is 2.44. The standard InChI is InChI=1S/C16H20O7/c1-23-13-4-2-3-11(8-13)12(9-16(21)22)5-10(6-14(17)18)7-15(19)20/h2-4,8,10,12H,5-7,9H2,1H3,(H,17,18)(H,19,20)(H,21,22)/p-3/t12-/m0/s1. The Morgan fingerprint density at radius 3 is 2.04 bits per heavy atom. The normalized spacial score (nSPS) is 11.9. The van der Waals surface area contributed by atoms with Crippen LogP contribution in [0.3, 0.4) is 0 Å². The van der Waals surface area contributed by atoms with E-state index >= 15 is 0 Å². The molecule has 0 aliphatic heterocycles. The van der Waals surface area contributed by atoms with Crippen LogP contribution in [-0.4, -0.2) is 25.0 Å². The van der Waals surface area contributed by atoms with Gasteiger partial charge in [0.1, 0.15) is 5.75 Å². The maximum Gasteiger partial charge on any atom is 0.119 e. The van der Waals surface area contributed by atoms with Crippen molar-refractivity contribution < 1.29 is 34.4 Å². The lowest BCUT2D eigenvalue weighted by molar-refractivity contribution is -0.310. The molecule has 1 atom stereocenters. The highest BCUT2D eigenvalue weighted by molar-refractivity contribution is 5.69. The van der Waals surface area contributed by atoms with Gasteiger partial charge < -0.3 is 34.4 Å². The van der Waals surface area contributed by atoms with Gasteiger partial charge in [-0.05, 0) is 55.2 Å². The van der Waals surface area contributed by atoms with Crippen LogP contribution in [0, 0.1) is 5.92 Å². The van der Waals surface area contributed by atoms with E-state index in [0.29, 0.717) is 11.3 Å². The van der Waals surface area contributed by atoms with Crippen LogP contribution in [0.25, 0.3) is 0 Å². The number of aliphatic carboxylic acids is 3. The molecular weight excluding hydrogens is 304 g/mol. The Morgan fingerprint density at radius 2 is 1.57 bits per heavy atom. The second kappa shape index (κ2) is 8.77. The molecule has 1 aromatic carbocycles. The lowest BCUT2D eigenvalue weighted by Crippen LogP contribution is -2.32. The van der Waals surface area contributed by atoms with Crippen LogP contribution >= 0.6 is 0 Å². The number of carbonyl (C=O) groups excluding carboxylic acids is 3. The minimum atomic E-state index is -1.39. The molecule has 0 heterocycles. The van der Waals surface area contributed by atoms with Gasteiger partial charge in [-0.3, -0.25) is 0 Å². The molecule has 0 N–H and O–H groups in total. The van der Waals surface area contributed by atoms with E-state index in [1.54, 1.807) is 24.3 Å². The van der Waals surface area contributed by atoms with Crippen molar-refractivity contribution in [2.24, 2.45) is 5.92 Å². The average molecular weight is 321 g/mol. The zero-order chi connectivity index (χ0) is 17.4. The lowest BCUT2D eigenvalue weighted by atomic mass is 9.83. The van der Waals surface area contributed by atoms with E-state index < -0.39 is 42.6 Å². The number of carbonyl (C=O) groups is 3. The van der Waals surface area contributed by atoms with E-state index in [4.69, 9.17) is 4.74 Å². The van der Waals surface area contributed by atoms with Crippen molar-refractivity contribution in [1.29, 1.82) is 0 Å². The van der Waals surface area contributed by atoms with Crippen LogP contribution in [0.15, 0.2) is 24.3 Å². The number of rotatable bonds is 10. The fraction of sp³-hybridized carbons (Fsp3) is 0.438. The van der Waals surface area contributed by atoms with Gasteiger partial charge in [0.25, 0.3) is 0 Å². The molecule has 0 aliphatic carbocycles. The molecule has 0 aromatic heterocycles. The molecule has 0 spiro atoms. The zero-order valence-electron chi connectivity index (χ0n) is 12.7. The van der Waals surface area contributed by atoms with Crippen molar-refractivity contribution in [2.45, 2.75) is 31.6 Å². The molecule has 7 heteroatoms. The Bertz CT molecular complexity index is 551. The van der Waals surface area contributed by atoms with Crippen LogP contribution in [0.5, 0.6) is 5.75 Å². The summed E-state index contributed by atoms with van der Waals surface area (Å²) in [4.78, 5) is 32.5. The molecule has 126 valence electrons. The Kier molecular flexibility index (Phi) is 7.05. The number of methoxy groups -OCH3 is 1. The summed E-state index contributed by atoms with van der Waals surface area (Å²) in [6, 6.07) is 6.65. The number of benzene rings is 1. The quantitative estimate of drug-likeness (QED) is 0.497. The first kappa shape index (κ1) is 18.5. The molecule has 0 aliphatic rings. The molecule has 23 heavy (non-hydrogen) atoms. The smallest absolute Gasteiger partial charge is 0.119 e. The van der Waals surface area contributed by atoms with Crippen molar-refractivity contribution >= 4 is 17.9 Å². The monoisotopic (exact) mass is 321 g/mol. The Balaban J connectivity index is 3.00. The first-order valence-electron chi connectivity index (χ1n) is 7.05. The van der Waals surface area contributed by atoms with Crippen LogP contribution in [0.2, 0.25) is 0 Å². The molecule has 0 unspecified atom stereocenters. The molecule has 1 rings (SSSR count). The van der Waals surface area contributed by atoms with Crippen LogP contribution < -0.4 is 20.1 Å². The van der Waals surface area contributed by atoms with Gasteiger partial charge in [0.2, 0.25) is 0 Å². The molecule has 0 fully saturated rings. The van der Waals surface area contributed by atoms with Crippen LogP contribution in [-0.2, 0) is 14.4 Å². The predicted octanol–water partition coefficient (Wildman–Crippen LogP) is -1.79. The van der Waals surface area contributed by atoms with Crippen molar-refractivity contribution in [3.8, 4) is 5.75 Å². The maximum atomic E-state index is 11.0. The second-order valence-electron chi connectivity index (χ2n) is 5.30. The van der Waals surface area contributed by atoms with Gasteiger partial charge in [0.15, 0.2) is 0 Å². The number of hydrogen-bond donors (Lipinski definition) is 0. The topological polar surface area (TPSA) is 130 Å². The highest BCUT2D eigenvalue weighted by Crippen LogP contribution is 2.31. The first-order chi connectivity index (χ1) is 10.8. The maximum absolute atomic E-state index is 11.0. The third kappa shape index (κ3) is 6.82. The summed E-state index contributed by atoms with van der Waals surface area (Å²) in [6.07, 6.45) is -1.28. The molecule has 0 amide bonds. The van der Waals surface area contributed by atoms with Gasteiger partial charge in [0, 0.05) is 17.9 Å². The lowest BCUT2D eigenvalue weighted by Gasteiger charge is -2.25. The van der Waals surface area contributed by atoms with Crippen LogP contribution in [0.4, 0.5) is 0 Å². The molecule has 1 aromatic rings. The first-order valence-corrected chi connectivity index (χ1v) is 7.05. The number of hydrogen-bond acceptors (Lipinski definition) is 7. The van der Waals surface area contributed by atoms with Gasteiger partial charge >= 0.3 is 0 Å². The number of ether oxygens (including phenoxy) is 1. The zero-order valence-corrected chi connectivity index (χ0v) is 12.7. The summed E-state index contributed by atoms with van der Waals surface area (Å²) in [5, 5.41) is 32.5. The minimum absolute atomic E-state index is 0.0447. The fourth-order valence-corrected chi connectivity index (χ4v) is 2.55. The van der Waals surface area contributed by atoms with Gasteiger partial charge in [-0.1, -0.05) is 12.1 Å². The van der Waals surface area contributed by atoms with E-state index in [9.17, 15) is 29.7 Å². The highest BCUT2D eigenvalue weighted by atomic mass is 16.5. The number of carboxylic acid groups (broad SMARTS) is 3. The van der Waals surface area contributed by atoms with Crippen molar-refractivity contribution in [1.82, 2.24) is 0 Å². The summed E-state index contributed by atoms with van der Waals surface area (Å²) in [5.41, 5.74) is 0.607. The van der Waals surface area contributed by atoms with E-state index in [1.165, 1.54) is 7.11 Å². The molecular formula is C16H17O7-3. The largest absolute Gasteiger partial charge is 0.550 e. The van der Waals surface area contributed by atoms with Crippen LogP contribution in [0.1, 0.15) is 37.2 Å². The van der Waals surface area contributed by atoms with Gasteiger partial charge in [-0.25, -0.2) is 0 Å². The van der Waals surface area contributed by atoms with Gasteiger partial charge in [-0.2, -0.15) is 0 Å².